The van der Waals surface area contributed by atoms with Crippen LogP contribution in [0.2, 0.25) is 0 Å². The Hall–Kier alpha value is -2.96. The Morgan fingerprint density at radius 2 is 0.531 bits per heavy atom. The van der Waals surface area contributed by atoms with Crippen LogP contribution in [0.5, 0.6) is 0 Å². The Balaban J connectivity index is -0.0000000658. The number of nitrogens with two attached hydrogens (primary N) is 4. The fourth-order valence-corrected chi connectivity index (χ4v) is 0.285. The molecule has 0 saturated heterocycles. The molecule has 0 rings (SSSR count). The first-order valence-corrected chi connectivity index (χ1v) is 8.43. The minimum Gasteiger partial charge on any atom is -0.478 e. The van der Waals surface area contributed by atoms with Gasteiger partial charge in [0.2, 0.25) is 0 Å². The molecule has 0 aromatic carbocycles. The maximum absolute atomic E-state index is 9.55. The minimum absolute atomic E-state index is 0.0972. The minimum atomic E-state index is -1.26. The molecule has 0 spiro atoms. The molecule has 0 aliphatic rings. The van der Waals surface area contributed by atoms with Crippen molar-refractivity contribution in [3.63, 3.8) is 0 Å². The van der Waals surface area contributed by atoms with Gasteiger partial charge in [-0.25, -0.2) is 19.2 Å². The van der Waals surface area contributed by atoms with Crippen LogP contribution in [0.1, 0.15) is 0 Å². The third kappa shape index (κ3) is 150. The highest BCUT2D eigenvalue weighted by Gasteiger charge is 1.88. The summed E-state index contributed by atoms with van der Waals surface area (Å²) in [5.74, 6) is -5.03. The zero-order chi connectivity index (χ0) is 26.8. The molecule has 0 fully saturated rings. The molecule has 32 heavy (non-hydrogen) atoms. The second kappa shape index (κ2) is 46.3. The van der Waals surface area contributed by atoms with E-state index in [4.69, 9.17) is 63.8 Å². The topological polar surface area (TPSA) is 334 Å². The molecule has 0 amide bonds. The van der Waals surface area contributed by atoms with Gasteiger partial charge in [0.15, 0.2) is 0 Å². The summed E-state index contributed by atoms with van der Waals surface area (Å²) in [6.07, 6.45) is 2.23. The summed E-state index contributed by atoms with van der Waals surface area (Å²) in [6, 6.07) is 0. The number of aliphatic carboxylic acids is 4. The van der Waals surface area contributed by atoms with E-state index in [-0.39, 0.29) is 26.4 Å². The quantitative estimate of drug-likeness (QED) is 0.146. The lowest BCUT2D eigenvalue weighted by Crippen LogP contribution is -2.02. The van der Waals surface area contributed by atoms with Crippen molar-refractivity contribution in [1.82, 2.24) is 0 Å². The first-order chi connectivity index (χ1) is 14.9. The van der Waals surface area contributed by atoms with Crippen LogP contribution in [0, 0.1) is 0 Å². The first kappa shape index (κ1) is 43.0. The van der Waals surface area contributed by atoms with Crippen molar-refractivity contribution in [2.45, 2.75) is 0 Å². The van der Waals surface area contributed by atoms with E-state index in [1.807, 2.05) is 0 Å². The van der Waals surface area contributed by atoms with Crippen LogP contribution in [-0.4, -0.2) is 117 Å². The van der Waals surface area contributed by atoms with Crippen molar-refractivity contribution < 1.29 is 60.0 Å². The maximum Gasteiger partial charge on any atom is 0.328 e. The summed E-state index contributed by atoms with van der Waals surface area (Å²) < 4.78 is 0. The van der Waals surface area contributed by atoms with E-state index in [9.17, 15) is 19.2 Å². The lowest BCUT2D eigenvalue weighted by Gasteiger charge is -1.74. The van der Waals surface area contributed by atoms with Crippen LogP contribution in [0.4, 0.5) is 0 Å². The SMILES string of the molecule is NCCO.NCCO.NCCO.NCCO.O=C(O)/C=C\C(=O)O.O=C(O)/C=C\C(=O)O. The number of hydrogen-bond acceptors (Lipinski definition) is 12. The molecule has 16 heteroatoms. The standard InChI is InChI=1S/2C4H4O4.4C2H7NO/c2*5-3(6)1-2-4(7)8;4*3-1-2-4/h2*1-2H,(H,5,6)(H,7,8);4*4H,1-3H2/b2*2-1-;;;;. The molecule has 0 aromatic heterocycles. The monoisotopic (exact) mass is 476 g/mol. The van der Waals surface area contributed by atoms with Crippen LogP contribution in [-0.2, 0) is 19.2 Å². The zero-order valence-electron chi connectivity index (χ0n) is 17.5. The summed E-state index contributed by atoms with van der Waals surface area (Å²) >= 11 is 0. The van der Waals surface area contributed by atoms with E-state index in [2.05, 4.69) is 0 Å². The van der Waals surface area contributed by atoms with Gasteiger partial charge in [-0.05, 0) is 0 Å². The lowest BCUT2D eigenvalue weighted by molar-refractivity contribution is -0.134. The van der Waals surface area contributed by atoms with Crippen molar-refractivity contribution in [3.8, 4) is 0 Å². The average Bonchev–Trinajstić information content (AvgIpc) is 2.77. The van der Waals surface area contributed by atoms with Crippen LogP contribution in [0.3, 0.4) is 0 Å². The van der Waals surface area contributed by atoms with Crippen LogP contribution >= 0.6 is 0 Å². The lowest BCUT2D eigenvalue weighted by atomic mass is 10.5. The van der Waals surface area contributed by atoms with Crippen molar-refractivity contribution in [1.29, 1.82) is 0 Å². The molecule has 0 heterocycles. The maximum atomic E-state index is 9.55. The van der Waals surface area contributed by atoms with Gasteiger partial charge >= 0.3 is 23.9 Å². The van der Waals surface area contributed by atoms with Gasteiger partial charge < -0.3 is 63.8 Å². The summed E-state index contributed by atoms with van der Waals surface area (Å²) in [6.45, 7) is 1.89. The summed E-state index contributed by atoms with van der Waals surface area (Å²) in [5.41, 5.74) is 19.1. The first-order valence-electron chi connectivity index (χ1n) is 8.43. The molecule has 0 aromatic rings. The summed E-state index contributed by atoms with van der Waals surface area (Å²) in [5, 5.41) is 62.2. The molecule has 16 N–H and O–H groups in total. The number of aliphatic hydroxyl groups excluding tert-OH is 4. The second-order valence-corrected chi connectivity index (χ2v) is 4.07. The molecule has 0 atom stereocenters. The van der Waals surface area contributed by atoms with Gasteiger partial charge in [-0.2, -0.15) is 0 Å². The van der Waals surface area contributed by atoms with E-state index in [0.29, 0.717) is 50.5 Å². The fourth-order valence-electron chi connectivity index (χ4n) is 0.285. The average molecular weight is 476 g/mol. The third-order valence-corrected chi connectivity index (χ3v) is 1.25. The largest absolute Gasteiger partial charge is 0.478 e. The van der Waals surface area contributed by atoms with Crippen LogP contribution < -0.4 is 22.9 Å². The molecular weight excluding hydrogens is 440 g/mol. The fraction of sp³-hybridized carbons (Fsp3) is 0.500. The van der Waals surface area contributed by atoms with Crippen LogP contribution in [0.15, 0.2) is 24.3 Å². The Morgan fingerprint density at radius 3 is 0.562 bits per heavy atom. The van der Waals surface area contributed by atoms with E-state index in [0.717, 1.165) is 0 Å². The molecule has 0 unspecified atom stereocenters. The molecule has 0 radical (unpaired) electrons. The predicted molar refractivity (Wildman–Crippen MR) is 113 cm³/mol. The van der Waals surface area contributed by atoms with Gasteiger partial charge in [-0.3, -0.25) is 0 Å². The number of aliphatic hydroxyl groups is 4. The van der Waals surface area contributed by atoms with Crippen molar-refractivity contribution in [3.05, 3.63) is 24.3 Å². The number of carbonyl (C=O) groups is 4. The van der Waals surface area contributed by atoms with Gasteiger partial charge in [-0.15, -0.1) is 0 Å². The Kier molecular flexibility index (Phi) is 62.2. The highest BCUT2D eigenvalue weighted by Crippen LogP contribution is 1.71. The number of carboxylic acid groups (broad SMARTS) is 4. The smallest absolute Gasteiger partial charge is 0.328 e. The van der Waals surface area contributed by atoms with E-state index in [1.54, 1.807) is 0 Å². The van der Waals surface area contributed by atoms with Gasteiger partial charge in [0.25, 0.3) is 0 Å². The van der Waals surface area contributed by atoms with Gasteiger partial charge in [-0.1, -0.05) is 0 Å². The van der Waals surface area contributed by atoms with Crippen LogP contribution in [0.25, 0.3) is 0 Å². The summed E-state index contributed by atoms with van der Waals surface area (Å²) in [7, 11) is 0. The predicted octanol–water partition coefficient (Wildman–Crippen LogP) is -4.83. The van der Waals surface area contributed by atoms with Gasteiger partial charge in [0.1, 0.15) is 0 Å². The van der Waals surface area contributed by atoms with E-state index in [1.165, 1.54) is 0 Å². The zero-order valence-corrected chi connectivity index (χ0v) is 17.5. The highest BCUT2D eigenvalue weighted by atomic mass is 16.4. The molecule has 0 saturated carbocycles. The highest BCUT2D eigenvalue weighted by molar-refractivity contribution is 5.90. The summed E-state index contributed by atoms with van der Waals surface area (Å²) in [4.78, 5) is 38.2. The number of hydrogen-bond donors (Lipinski definition) is 12. The van der Waals surface area contributed by atoms with Crippen molar-refractivity contribution >= 4 is 23.9 Å². The Labute approximate surface area is 184 Å². The van der Waals surface area contributed by atoms with E-state index >= 15 is 0 Å². The molecule has 0 aliphatic heterocycles. The Bertz CT molecular complexity index is 384. The second-order valence-electron chi connectivity index (χ2n) is 4.07. The normalized spacial score (nSPS) is 8.50. The molecule has 192 valence electrons. The number of carboxylic acids is 4. The van der Waals surface area contributed by atoms with E-state index < -0.39 is 23.9 Å². The van der Waals surface area contributed by atoms with Gasteiger partial charge in [0, 0.05) is 50.5 Å². The van der Waals surface area contributed by atoms with Crippen molar-refractivity contribution in [2.75, 3.05) is 52.6 Å². The Morgan fingerprint density at radius 1 is 0.438 bits per heavy atom. The molecule has 0 bridgehead atoms. The number of rotatable bonds is 8. The molecular formula is C16H36N4O12. The third-order valence-electron chi connectivity index (χ3n) is 1.25. The molecule has 16 nitrogen and oxygen atoms in total. The van der Waals surface area contributed by atoms with Crippen molar-refractivity contribution in [2.24, 2.45) is 22.9 Å². The van der Waals surface area contributed by atoms with Gasteiger partial charge in [0.05, 0.1) is 26.4 Å². The molecule has 0 aliphatic carbocycles.